The van der Waals surface area contributed by atoms with Crippen LogP contribution in [0.1, 0.15) is 31.2 Å². The van der Waals surface area contributed by atoms with Gasteiger partial charge in [-0.25, -0.2) is 4.39 Å². The summed E-state index contributed by atoms with van der Waals surface area (Å²) in [5, 5.41) is 9.54. The molecule has 3 nitrogen and oxygen atoms in total. The minimum Gasteiger partial charge on any atom is -0.488 e. The van der Waals surface area contributed by atoms with E-state index in [0.717, 1.165) is 37.2 Å². The van der Waals surface area contributed by atoms with Crippen molar-refractivity contribution in [1.29, 1.82) is 0 Å². The average Bonchev–Trinajstić information content (AvgIpc) is 2.68. The van der Waals surface area contributed by atoms with Gasteiger partial charge >= 0.3 is 0 Å². The second-order valence-electron chi connectivity index (χ2n) is 5.88. The zero-order valence-electron chi connectivity index (χ0n) is 11.7. The van der Waals surface area contributed by atoms with Gasteiger partial charge in [0, 0.05) is 24.6 Å². The number of fused-ring (bicyclic) bond motifs is 1. The summed E-state index contributed by atoms with van der Waals surface area (Å²) in [6, 6.07) is 4.99. The van der Waals surface area contributed by atoms with Gasteiger partial charge in [-0.2, -0.15) is 0 Å². The first-order chi connectivity index (χ1) is 9.76. The SMILES string of the molecule is OCC1CCCCCN1CC1Cc2cc(F)ccc2O1. The van der Waals surface area contributed by atoms with Gasteiger partial charge in [0.15, 0.2) is 0 Å². The fraction of sp³-hybridized carbons (Fsp3) is 0.625. The number of rotatable bonds is 3. The van der Waals surface area contributed by atoms with Crippen LogP contribution in [0.15, 0.2) is 18.2 Å². The van der Waals surface area contributed by atoms with E-state index in [0.29, 0.717) is 0 Å². The molecule has 1 fully saturated rings. The van der Waals surface area contributed by atoms with Crippen molar-refractivity contribution in [2.24, 2.45) is 0 Å². The van der Waals surface area contributed by atoms with Crippen LogP contribution in [0.25, 0.3) is 0 Å². The molecule has 1 aromatic rings. The fourth-order valence-corrected chi connectivity index (χ4v) is 3.34. The maximum atomic E-state index is 13.2. The normalized spacial score (nSPS) is 26.9. The Bertz CT molecular complexity index is 466. The van der Waals surface area contributed by atoms with Crippen molar-refractivity contribution < 1.29 is 14.2 Å². The second-order valence-corrected chi connectivity index (χ2v) is 5.88. The molecule has 0 aliphatic carbocycles. The summed E-state index contributed by atoms with van der Waals surface area (Å²) in [5.74, 6) is 0.614. The molecule has 110 valence electrons. The van der Waals surface area contributed by atoms with Gasteiger partial charge in [0.25, 0.3) is 0 Å². The molecule has 2 heterocycles. The summed E-state index contributed by atoms with van der Waals surface area (Å²) >= 11 is 0. The van der Waals surface area contributed by atoms with E-state index in [-0.39, 0.29) is 24.6 Å². The molecule has 0 aromatic heterocycles. The van der Waals surface area contributed by atoms with Gasteiger partial charge in [-0.1, -0.05) is 12.8 Å². The Balaban J connectivity index is 1.64. The van der Waals surface area contributed by atoms with Gasteiger partial charge in [0.2, 0.25) is 0 Å². The van der Waals surface area contributed by atoms with Crippen molar-refractivity contribution in [3.05, 3.63) is 29.6 Å². The number of hydrogen-bond donors (Lipinski definition) is 1. The van der Waals surface area contributed by atoms with Crippen LogP contribution in [-0.4, -0.2) is 41.8 Å². The van der Waals surface area contributed by atoms with Crippen LogP contribution in [0, 0.1) is 5.82 Å². The zero-order valence-corrected chi connectivity index (χ0v) is 11.7. The number of hydrogen-bond acceptors (Lipinski definition) is 3. The van der Waals surface area contributed by atoms with Crippen molar-refractivity contribution in [3.63, 3.8) is 0 Å². The molecule has 2 aliphatic heterocycles. The maximum absolute atomic E-state index is 13.2. The predicted molar refractivity (Wildman–Crippen MR) is 75.4 cm³/mol. The largest absolute Gasteiger partial charge is 0.488 e. The van der Waals surface area contributed by atoms with E-state index in [1.807, 2.05) is 0 Å². The molecule has 0 bridgehead atoms. The number of ether oxygens (including phenoxy) is 1. The van der Waals surface area contributed by atoms with Crippen LogP contribution in [0.4, 0.5) is 4.39 Å². The highest BCUT2D eigenvalue weighted by atomic mass is 19.1. The Morgan fingerprint density at radius 2 is 2.20 bits per heavy atom. The molecule has 0 spiro atoms. The van der Waals surface area contributed by atoms with Crippen LogP contribution in [-0.2, 0) is 6.42 Å². The molecule has 0 radical (unpaired) electrons. The van der Waals surface area contributed by atoms with E-state index < -0.39 is 0 Å². The predicted octanol–water partition coefficient (Wildman–Crippen LogP) is 2.37. The van der Waals surface area contributed by atoms with Crippen LogP contribution in [0.2, 0.25) is 0 Å². The van der Waals surface area contributed by atoms with E-state index >= 15 is 0 Å². The van der Waals surface area contributed by atoms with Gasteiger partial charge in [-0.15, -0.1) is 0 Å². The monoisotopic (exact) mass is 279 g/mol. The van der Waals surface area contributed by atoms with Crippen molar-refractivity contribution in [1.82, 2.24) is 4.90 Å². The third-order valence-corrected chi connectivity index (χ3v) is 4.41. The highest BCUT2D eigenvalue weighted by Gasteiger charge is 2.28. The van der Waals surface area contributed by atoms with Gasteiger partial charge in [0.1, 0.15) is 17.7 Å². The lowest BCUT2D eigenvalue weighted by Gasteiger charge is -2.30. The molecule has 3 rings (SSSR count). The Hall–Kier alpha value is -1.13. The topological polar surface area (TPSA) is 32.7 Å². The first-order valence-electron chi connectivity index (χ1n) is 7.56. The minimum absolute atomic E-state index is 0.0824. The van der Waals surface area contributed by atoms with Gasteiger partial charge in [0.05, 0.1) is 6.61 Å². The van der Waals surface area contributed by atoms with Gasteiger partial charge < -0.3 is 9.84 Å². The zero-order chi connectivity index (χ0) is 13.9. The summed E-state index contributed by atoms with van der Waals surface area (Å²) < 4.78 is 19.1. The molecule has 4 heteroatoms. The average molecular weight is 279 g/mol. The lowest BCUT2D eigenvalue weighted by Crippen LogP contribution is -2.43. The van der Waals surface area contributed by atoms with Gasteiger partial charge in [-0.05, 0) is 37.6 Å². The summed E-state index contributed by atoms with van der Waals surface area (Å²) in [6.07, 6.45) is 5.53. The van der Waals surface area contributed by atoms with Crippen LogP contribution in [0.5, 0.6) is 5.75 Å². The van der Waals surface area contributed by atoms with E-state index in [2.05, 4.69) is 4.90 Å². The number of halogens is 1. The number of aliphatic hydroxyl groups excluding tert-OH is 1. The fourth-order valence-electron chi connectivity index (χ4n) is 3.34. The van der Waals surface area contributed by atoms with E-state index in [1.54, 1.807) is 12.1 Å². The van der Waals surface area contributed by atoms with E-state index in [9.17, 15) is 9.50 Å². The number of benzene rings is 1. The van der Waals surface area contributed by atoms with Crippen molar-refractivity contribution in [3.8, 4) is 5.75 Å². The number of nitrogens with zero attached hydrogens (tertiary/aromatic N) is 1. The maximum Gasteiger partial charge on any atom is 0.123 e. The molecule has 1 saturated heterocycles. The lowest BCUT2D eigenvalue weighted by atomic mass is 10.1. The van der Waals surface area contributed by atoms with E-state index in [4.69, 9.17) is 4.74 Å². The third kappa shape index (κ3) is 2.96. The molecular formula is C16H22FNO2. The Labute approximate surface area is 119 Å². The van der Waals surface area contributed by atoms with Crippen LogP contribution in [0.3, 0.4) is 0 Å². The first-order valence-corrected chi connectivity index (χ1v) is 7.56. The molecule has 2 aliphatic rings. The molecular weight excluding hydrogens is 257 g/mol. The minimum atomic E-state index is -0.198. The Kier molecular flexibility index (Phi) is 4.22. The molecule has 0 saturated carbocycles. The van der Waals surface area contributed by atoms with Crippen LogP contribution >= 0.6 is 0 Å². The lowest BCUT2D eigenvalue weighted by molar-refractivity contribution is 0.0830. The van der Waals surface area contributed by atoms with Crippen molar-refractivity contribution >= 4 is 0 Å². The quantitative estimate of drug-likeness (QED) is 0.922. The highest BCUT2D eigenvalue weighted by molar-refractivity contribution is 5.37. The van der Waals surface area contributed by atoms with Crippen molar-refractivity contribution in [2.75, 3.05) is 19.7 Å². The molecule has 1 aromatic carbocycles. The molecule has 1 N–H and O–H groups in total. The summed E-state index contributed by atoms with van der Waals surface area (Å²) in [6.45, 7) is 2.06. The summed E-state index contributed by atoms with van der Waals surface area (Å²) in [5.41, 5.74) is 0.963. The van der Waals surface area contributed by atoms with Crippen LogP contribution < -0.4 is 4.74 Å². The Morgan fingerprint density at radius 1 is 1.30 bits per heavy atom. The molecule has 20 heavy (non-hydrogen) atoms. The number of aliphatic hydroxyl groups is 1. The molecule has 2 unspecified atom stereocenters. The highest BCUT2D eigenvalue weighted by Crippen LogP contribution is 2.30. The van der Waals surface area contributed by atoms with Crippen molar-refractivity contribution in [2.45, 2.75) is 44.2 Å². The standard InChI is InChI=1S/C16H22FNO2/c17-13-5-6-16-12(8-13)9-15(20-16)10-18-7-3-1-2-4-14(18)11-19/h5-6,8,14-15,19H,1-4,7,9-11H2. The summed E-state index contributed by atoms with van der Waals surface area (Å²) in [4.78, 5) is 2.35. The summed E-state index contributed by atoms with van der Waals surface area (Å²) in [7, 11) is 0. The molecule has 2 atom stereocenters. The number of likely N-dealkylation sites (tertiary alicyclic amines) is 1. The Morgan fingerprint density at radius 3 is 3.05 bits per heavy atom. The smallest absolute Gasteiger partial charge is 0.123 e. The van der Waals surface area contributed by atoms with E-state index in [1.165, 1.54) is 25.3 Å². The van der Waals surface area contributed by atoms with Gasteiger partial charge in [-0.3, -0.25) is 4.90 Å². The third-order valence-electron chi connectivity index (χ3n) is 4.41. The second kappa shape index (κ2) is 6.10. The first kappa shape index (κ1) is 13.8. The molecule has 0 amide bonds.